The highest BCUT2D eigenvalue weighted by atomic mass is 19.4. The number of halogens is 4. The van der Waals surface area contributed by atoms with Gasteiger partial charge in [-0.1, -0.05) is 6.07 Å². The molecule has 0 heterocycles. The van der Waals surface area contributed by atoms with Gasteiger partial charge in [0.2, 0.25) is 0 Å². The summed E-state index contributed by atoms with van der Waals surface area (Å²) in [5.74, 6) is 0.435. The van der Waals surface area contributed by atoms with Crippen LogP contribution in [0.2, 0.25) is 0 Å². The first-order valence-electron chi connectivity index (χ1n) is 6.48. The number of benzene rings is 1. The summed E-state index contributed by atoms with van der Waals surface area (Å²) in [6, 6.07) is 2.69. The molecule has 3 unspecified atom stereocenters. The van der Waals surface area contributed by atoms with E-state index in [1.54, 1.807) is 0 Å². The predicted molar refractivity (Wildman–Crippen MR) is 62.7 cm³/mol. The lowest BCUT2D eigenvalue weighted by Crippen LogP contribution is -2.21. The first-order valence-corrected chi connectivity index (χ1v) is 6.48. The fourth-order valence-electron chi connectivity index (χ4n) is 3.29. The van der Waals surface area contributed by atoms with Crippen molar-refractivity contribution in [3.05, 3.63) is 35.1 Å². The molecule has 1 nitrogen and oxygen atoms in total. The molecule has 0 aromatic heterocycles. The summed E-state index contributed by atoms with van der Waals surface area (Å²) in [6.45, 7) is 0. The molecular weight excluding hydrogens is 258 g/mol. The minimum atomic E-state index is -4.67. The Balaban J connectivity index is 1.84. The Morgan fingerprint density at radius 2 is 1.74 bits per heavy atom. The Morgan fingerprint density at radius 1 is 1.11 bits per heavy atom. The van der Waals surface area contributed by atoms with Crippen LogP contribution in [0.5, 0.6) is 0 Å². The van der Waals surface area contributed by atoms with Crippen LogP contribution in [0.4, 0.5) is 17.6 Å². The fourth-order valence-corrected chi connectivity index (χ4v) is 3.29. The molecule has 5 heteroatoms. The first-order chi connectivity index (χ1) is 8.86. The summed E-state index contributed by atoms with van der Waals surface area (Å²) in [5.41, 5.74) is 5.23. The molecule has 104 valence electrons. The molecule has 0 saturated heterocycles. The van der Waals surface area contributed by atoms with Gasteiger partial charge < -0.3 is 5.73 Å². The van der Waals surface area contributed by atoms with Crippen LogP contribution in [-0.4, -0.2) is 0 Å². The van der Waals surface area contributed by atoms with Gasteiger partial charge in [-0.15, -0.1) is 0 Å². The van der Waals surface area contributed by atoms with Crippen LogP contribution in [-0.2, 0) is 6.18 Å². The summed E-state index contributed by atoms with van der Waals surface area (Å²) in [6.07, 6.45) is -1.45. The second kappa shape index (κ2) is 4.20. The lowest BCUT2D eigenvalue weighted by atomic mass is 9.89. The second-order valence-electron chi connectivity index (χ2n) is 5.75. The van der Waals surface area contributed by atoms with Crippen molar-refractivity contribution in [3.63, 3.8) is 0 Å². The molecule has 1 aromatic rings. The standard InChI is InChI=1S/C14H15F4N/c15-12-2-1-7(6-11(12)14(16,17)18)13(19)10-4-8-3-9(8)5-10/h1-2,6,8-10,13H,3-5,19H2. The number of alkyl halides is 3. The highest BCUT2D eigenvalue weighted by Gasteiger charge is 2.47. The van der Waals surface area contributed by atoms with E-state index in [4.69, 9.17) is 5.73 Å². The molecule has 3 rings (SSSR count). The quantitative estimate of drug-likeness (QED) is 0.813. The van der Waals surface area contributed by atoms with Crippen LogP contribution in [0.1, 0.15) is 36.4 Å². The number of hydrogen-bond donors (Lipinski definition) is 1. The third-order valence-electron chi connectivity index (χ3n) is 4.47. The lowest BCUT2D eigenvalue weighted by molar-refractivity contribution is -0.140. The van der Waals surface area contributed by atoms with Crippen molar-refractivity contribution in [1.82, 2.24) is 0 Å². The SMILES string of the molecule is NC(c1ccc(F)c(C(F)(F)F)c1)C1CC2CC2C1. The monoisotopic (exact) mass is 273 g/mol. The van der Waals surface area contributed by atoms with Crippen molar-refractivity contribution < 1.29 is 17.6 Å². The van der Waals surface area contributed by atoms with Crippen LogP contribution < -0.4 is 5.73 Å². The Hall–Kier alpha value is -1.10. The summed E-state index contributed by atoms with van der Waals surface area (Å²) in [4.78, 5) is 0. The average Bonchev–Trinajstić information content (AvgIpc) is 2.94. The van der Waals surface area contributed by atoms with Crippen molar-refractivity contribution in [2.24, 2.45) is 23.5 Å². The fraction of sp³-hybridized carbons (Fsp3) is 0.571. The number of fused-ring (bicyclic) bond motifs is 1. The van der Waals surface area contributed by atoms with Gasteiger partial charge in [0.25, 0.3) is 0 Å². The van der Waals surface area contributed by atoms with Gasteiger partial charge in [0.05, 0.1) is 5.56 Å². The van der Waals surface area contributed by atoms with E-state index < -0.39 is 23.6 Å². The molecular formula is C14H15F4N. The summed E-state index contributed by atoms with van der Waals surface area (Å²) in [5, 5.41) is 0. The minimum absolute atomic E-state index is 0.232. The lowest BCUT2D eigenvalue weighted by Gasteiger charge is -2.22. The van der Waals surface area contributed by atoms with E-state index >= 15 is 0 Å². The number of nitrogens with two attached hydrogens (primary N) is 1. The maximum absolute atomic E-state index is 13.2. The van der Waals surface area contributed by atoms with Crippen molar-refractivity contribution in [1.29, 1.82) is 0 Å². The highest BCUT2D eigenvalue weighted by Crippen LogP contribution is 2.56. The molecule has 3 atom stereocenters. The predicted octanol–water partition coefficient (Wildman–Crippen LogP) is 3.89. The van der Waals surface area contributed by atoms with Crippen molar-refractivity contribution >= 4 is 0 Å². The third kappa shape index (κ3) is 2.36. The van der Waals surface area contributed by atoms with Crippen LogP contribution in [0, 0.1) is 23.6 Å². The summed E-state index contributed by atoms with van der Waals surface area (Å²) < 4.78 is 51.2. The van der Waals surface area contributed by atoms with E-state index in [1.165, 1.54) is 12.5 Å². The molecule has 0 radical (unpaired) electrons. The van der Waals surface area contributed by atoms with E-state index in [2.05, 4.69) is 0 Å². The Labute approximate surface area is 108 Å². The first kappa shape index (κ1) is 12.9. The minimum Gasteiger partial charge on any atom is -0.324 e. The molecule has 2 saturated carbocycles. The topological polar surface area (TPSA) is 26.0 Å². The Bertz CT molecular complexity index is 487. The normalized spacial score (nSPS) is 31.1. The molecule has 2 aliphatic rings. The van der Waals surface area contributed by atoms with Crippen molar-refractivity contribution in [3.8, 4) is 0 Å². The maximum atomic E-state index is 13.2. The highest BCUT2D eigenvalue weighted by molar-refractivity contribution is 5.30. The van der Waals surface area contributed by atoms with Crippen LogP contribution >= 0.6 is 0 Å². The van der Waals surface area contributed by atoms with E-state index in [-0.39, 0.29) is 5.92 Å². The van der Waals surface area contributed by atoms with Crippen LogP contribution in [0.25, 0.3) is 0 Å². The van der Waals surface area contributed by atoms with Gasteiger partial charge in [-0.05, 0) is 54.7 Å². The molecule has 1 aromatic carbocycles. The van der Waals surface area contributed by atoms with E-state index in [9.17, 15) is 17.6 Å². The van der Waals surface area contributed by atoms with Crippen molar-refractivity contribution in [2.45, 2.75) is 31.5 Å². The third-order valence-corrected chi connectivity index (χ3v) is 4.47. The molecule has 19 heavy (non-hydrogen) atoms. The van der Waals surface area contributed by atoms with E-state index in [0.717, 1.165) is 36.8 Å². The zero-order valence-corrected chi connectivity index (χ0v) is 10.3. The molecule has 2 fully saturated rings. The van der Waals surface area contributed by atoms with Crippen molar-refractivity contribution in [2.75, 3.05) is 0 Å². The average molecular weight is 273 g/mol. The molecule has 0 aliphatic heterocycles. The molecule has 2 N–H and O–H groups in total. The molecule has 0 bridgehead atoms. The van der Waals surface area contributed by atoms with Gasteiger partial charge in [0.1, 0.15) is 5.82 Å². The second-order valence-corrected chi connectivity index (χ2v) is 5.75. The van der Waals surface area contributed by atoms with Gasteiger partial charge in [-0.2, -0.15) is 13.2 Å². The number of rotatable bonds is 2. The zero-order chi connectivity index (χ0) is 13.8. The molecule has 0 spiro atoms. The summed E-state index contributed by atoms with van der Waals surface area (Å²) in [7, 11) is 0. The molecule has 2 aliphatic carbocycles. The van der Waals surface area contributed by atoms with E-state index in [0.29, 0.717) is 5.56 Å². The van der Waals surface area contributed by atoms with Gasteiger partial charge in [-0.25, -0.2) is 4.39 Å². The smallest absolute Gasteiger partial charge is 0.324 e. The Morgan fingerprint density at radius 3 is 2.32 bits per heavy atom. The summed E-state index contributed by atoms with van der Waals surface area (Å²) >= 11 is 0. The largest absolute Gasteiger partial charge is 0.419 e. The maximum Gasteiger partial charge on any atom is 0.419 e. The van der Waals surface area contributed by atoms with Crippen LogP contribution in [0.15, 0.2) is 18.2 Å². The van der Waals surface area contributed by atoms with Crippen LogP contribution in [0.3, 0.4) is 0 Å². The Kier molecular flexibility index (Phi) is 2.85. The zero-order valence-electron chi connectivity index (χ0n) is 10.3. The molecule has 0 amide bonds. The van der Waals surface area contributed by atoms with Gasteiger partial charge in [0, 0.05) is 6.04 Å². The van der Waals surface area contributed by atoms with Gasteiger partial charge in [0.15, 0.2) is 0 Å². The van der Waals surface area contributed by atoms with Gasteiger partial charge in [-0.3, -0.25) is 0 Å². The van der Waals surface area contributed by atoms with E-state index in [1.807, 2.05) is 0 Å². The number of hydrogen-bond acceptors (Lipinski definition) is 1. The van der Waals surface area contributed by atoms with Gasteiger partial charge >= 0.3 is 6.18 Å².